The van der Waals surface area contributed by atoms with Gasteiger partial charge in [0, 0.05) is 30.4 Å². The van der Waals surface area contributed by atoms with Crippen molar-refractivity contribution in [1.29, 1.82) is 0 Å². The van der Waals surface area contributed by atoms with Crippen LogP contribution < -0.4 is 15.4 Å². The van der Waals surface area contributed by atoms with Crippen molar-refractivity contribution in [2.75, 3.05) is 12.4 Å². The third-order valence-electron chi connectivity index (χ3n) is 6.05. The van der Waals surface area contributed by atoms with Gasteiger partial charge in [0.15, 0.2) is 0 Å². The van der Waals surface area contributed by atoms with E-state index in [1.165, 1.54) is 24.0 Å². The Balaban J connectivity index is 1.31. The molecule has 148 valence electrons. The zero-order valence-corrected chi connectivity index (χ0v) is 16.7. The highest BCUT2D eigenvalue weighted by Crippen LogP contribution is 2.37. The molecular formula is C23H29N3O2. The Bertz CT molecular complexity index is 790. The van der Waals surface area contributed by atoms with Crippen LogP contribution in [0.25, 0.3) is 0 Å². The van der Waals surface area contributed by atoms with E-state index in [2.05, 4.69) is 27.7 Å². The molecule has 2 N–H and O–H groups in total. The second-order valence-corrected chi connectivity index (χ2v) is 8.04. The van der Waals surface area contributed by atoms with E-state index in [4.69, 9.17) is 4.74 Å². The zero-order valence-electron chi connectivity index (χ0n) is 16.7. The van der Waals surface area contributed by atoms with Crippen LogP contribution in [0.4, 0.5) is 10.5 Å². The van der Waals surface area contributed by atoms with E-state index in [1.54, 1.807) is 7.11 Å². The predicted octanol–water partition coefficient (Wildman–Crippen LogP) is 4.32. The number of aryl methyl sites for hydroxylation is 1. The van der Waals surface area contributed by atoms with Crippen molar-refractivity contribution < 1.29 is 9.53 Å². The highest BCUT2D eigenvalue weighted by atomic mass is 16.5. The molecule has 2 aliphatic rings. The Hall–Kier alpha value is -2.53. The van der Waals surface area contributed by atoms with E-state index in [-0.39, 0.29) is 12.1 Å². The van der Waals surface area contributed by atoms with Gasteiger partial charge in [0.25, 0.3) is 0 Å². The number of nitrogens with one attached hydrogen (secondary N) is 2. The van der Waals surface area contributed by atoms with Gasteiger partial charge in [0.05, 0.1) is 7.11 Å². The minimum absolute atomic E-state index is 0.100. The van der Waals surface area contributed by atoms with Crippen molar-refractivity contribution in [1.82, 2.24) is 10.2 Å². The molecule has 0 aliphatic carbocycles. The molecule has 2 atom stereocenters. The summed E-state index contributed by atoms with van der Waals surface area (Å²) in [6, 6.07) is 17.5. The fourth-order valence-electron chi connectivity index (χ4n) is 4.58. The third-order valence-corrected chi connectivity index (χ3v) is 6.05. The Morgan fingerprint density at radius 3 is 2.29 bits per heavy atom. The van der Waals surface area contributed by atoms with Crippen LogP contribution in [-0.2, 0) is 6.54 Å². The summed E-state index contributed by atoms with van der Waals surface area (Å²) in [5.74, 6) is 0.897. The van der Waals surface area contributed by atoms with E-state index in [9.17, 15) is 4.79 Å². The molecule has 0 spiro atoms. The summed E-state index contributed by atoms with van der Waals surface area (Å²) in [5, 5.41) is 6.14. The molecule has 4 rings (SSSR count). The first-order valence-electron chi connectivity index (χ1n) is 10.1. The van der Waals surface area contributed by atoms with Crippen LogP contribution in [0.2, 0.25) is 0 Å². The molecule has 2 bridgehead atoms. The summed E-state index contributed by atoms with van der Waals surface area (Å²) >= 11 is 0. The second kappa shape index (κ2) is 8.23. The van der Waals surface area contributed by atoms with Gasteiger partial charge in [-0.1, -0.05) is 29.8 Å². The first-order valence-corrected chi connectivity index (χ1v) is 10.1. The number of anilines is 1. The van der Waals surface area contributed by atoms with Gasteiger partial charge >= 0.3 is 6.03 Å². The van der Waals surface area contributed by atoms with Crippen molar-refractivity contribution in [2.24, 2.45) is 0 Å². The zero-order chi connectivity index (χ0) is 19.5. The molecule has 0 radical (unpaired) electrons. The van der Waals surface area contributed by atoms with Crippen LogP contribution in [-0.4, -0.2) is 36.2 Å². The molecule has 5 nitrogen and oxygen atoms in total. The maximum absolute atomic E-state index is 12.4. The van der Waals surface area contributed by atoms with E-state index < -0.39 is 0 Å². The molecule has 0 aromatic heterocycles. The fraction of sp³-hybridized carbons (Fsp3) is 0.435. The molecule has 2 aromatic carbocycles. The Morgan fingerprint density at radius 1 is 1.04 bits per heavy atom. The molecule has 2 heterocycles. The summed E-state index contributed by atoms with van der Waals surface area (Å²) in [5.41, 5.74) is 3.34. The lowest BCUT2D eigenvalue weighted by Crippen LogP contribution is -2.50. The predicted molar refractivity (Wildman–Crippen MR) is 112 cm³/mol. The molecule has 28 heavy (non-hydrogen) atoms. The summed E-state index contributed by atoms with van der Waals surface area (Å²) in [4.78, 5) is 15.0. The standard InChI is InChI=1S/C23H29N3O2/c1-16-3-7-18(8-4-16)24-23(27)25-19-13-20-9-10-21(14-19)26(20)15-17-5-11-22(28-2)12-6-17/h3-8,11-12,19-21H,9-10,13-15H2,1-2H3,(H2,24,25,27). The summed E-state index contributed by atoms with van der Waals surface area (Å²) < 4.78 is 5.25. The van der Waals surface area contributed by atoms with Crippen molar-refractivity contribution in [3.63, 3.8) is 0 Å². The van der Waals surface area contributed by atoms with Crippen LogP contribution in [0.1, 0.15) is 36.8 Å². The molecule has 0 saturated carbocycles. The SMILES string of the molecule is COc1ccc(CN2C3CCC2CC(NC(=O)Nc2ccc(C)cc2)C3)cc1. The van der Waals surface area contributed by atoms with Gasteiger partial charge in [-0.25, -0.2) is 4.79 Å². The maximum Gasteiger partial charge on any atom is 0.319 e. The minimum Gasteiger partial charge on any atom is -0.497 e. The number of methoxy groups -OCH3 is 1. The van der Waals surface area contributed by atoms with Crippen molar-refractivity contribution in [2.45, 2.75) is 57.3 Å². The van der Waals surface area contributed by atoms with E-state index in [0.717, 1.165) is 30.8 Å². The van der Waals surface area contributed by atoms with E-state index in [0.29, 0.717) is 12.1 Å². The smallest absolute Gasteiger partial charge is 0.319 e. The van der Waals surface area contributed by atoms with Gasteiger partial charge in [-0.2, -0.15) is 0 Å². The van der Waals surface area contributed by atoms with E-state index >= 15 is 0 Å². The molecule has 2 amide bonds. The lowest BCUT2D eigenvalue weighted by molar-refractivity contribution is 0.112. The summed E-state index contributed by atoms with van der Waals surface area (Å²) in [6.07, 6.45) is 4.49. The molecule has 5 heteroatoms. The van der Waals surface area contributed by atoms with Crippen molar-refractivity contribution in [3.05, 3.63) is 59.7 Å². The molecule has 2 fully saturated rings. The van der Waals surface area contributed by atoms with Gasteiger partial charge in [-0.3, -0.25) is 4.90 Å². The first-order chi connectivity index (χ1) is 13.6. The normalized spacial score (nSPS) is 24.0. The van der Waals surface area contributed by atoms with Crippen LogP contribution in [0.15, 0.2) is 48.5 Å². The number of rotatable bonds is 5. The maximum atomic E-state index is 12.4. The number of fused-ring (bicyclic) bond motifs is 2. The molecule has 2 saturated heterocycles. The van der Waals surface area contributed by atoms with Crippen LogP contribution >= 0.6 is 0 Å². The number of carbonyl (C=O) groups excluding carboxylic acids is 1. The van der Waals surface area contributed by atoms with Gasteiger partial charge in [-0.05, 0) is 62.4 Å². The van der Waals surface area contributed by atoms with Crippen LogP contribution in [0, 0.1) is 6.92 Å². The average molecular weight is 380 g/mol. The largest absolute Gasteiger partial charge is 0.497 e. The minimum atomic E-state index is -0.100. The monoisotopic (exact) mass is 379 g/mol. The van der Waals surface area contributed by atoms with Gasteiger partial charge in [0.2, 0.25) is 0 Å². The number of nitrogens with zero attached hydrogens (tertiary/aromatic N) is 1. The fourth-order valence-corrected chi connectivity index (χ4v) is 4.58. The van der Waals surface area contributed by atoms with Crippen LogP contribution in [0.3, 0.4) is 0 Å². The topological polar surface area (TPSA) is 53.6 Å². The molecular weight excluding hydrogens is 350 g/mol. The second-order valence-electron chi connectivity index (χ2n) is 8.04. The lowest BCUT2D eigenvalue weighted by atomic mass is 9.96. The third kappa shape index (κ3) is 4.30. The highest BCUT2D eigenvalue weighted by molar-refractivity contribution is 5.89. The van der Waals surface area contributed by atoms with Crippen LogP contribution in [0.5, 0.6) is 5.75 Å². The summed E-state index contributed by atoms with van der Waals surface area (Å²) in [7, 11) is 1.70. The van der Waals surface area contributed by atoms with Gasteiger partial charge in [0.1, 0.15) is 5.75 Å². The quantitative estimate of drug-likeness (QED) is 0.813. The molecule has 2 aromatic rings. The van der Waals surface area contributed by atoms with Crippen molar-refractivity contribution in [3.8, 4) is 5.75 Å². The molecule has 2 unspecified atom stereocenters. The summed E-state index contributed by atoms with van der Waals surface area (Å²) in [6.45, 7) is 3.01. The number of hydrogen-bond donors (Lipinski definition) is 2. The Morgan fingerprint density at radius 2 is 1.68 bits per heavy atom. The number of urea groups is 1. The highest BCUT2D eigenvalue weighted by Gasteiger charge is 2.40. The Labute approximate surface area is 167 Å². The number of amides is 2. The van der Waals surface area contributed by atoms with E-state index in [1.807, 2.05) is 43.3 Å². The number of ether oxygens (including phenoxy) is 1. The first kappa shape index (κ1) is 18.8. The van der Waals surface area contributed by atoms with Gasteiger partial charge in [-0.15, -0.1) is 0 Å². The number of benzene rings is 2. The molecule has 2 aliphatic heterocycles. The number of hydrogen-bond acceptors (Lipinski definition) is 3. The number of carbonyl (C=O) groups is 1. The van der Waals surface area contributed by atoms with Gasteiger partial charge < -0.3 is 15.4 Å². The number of piperidine rings is 1. The lowest BCUT2D eigenvalue weighted by Gasteiger charge is -2.39. The Kier molecular flexibility index (Phi) is 5.53. The van der Waals surface area contributed by atoms with Crippen molar-refractivity contribution >= 4 is 11.7 Å². The average Bonchev–Trinajstić information content (AvgIpc) is 2.92.